The molecule has 0 N–H and O–H groups in total. The summed E-state index contributed by atoms with van der Waals surface area (Å²) in [5, 5.41) is 4.22. The number of aryl methyl sites for hydroxylation is 1. The molecular weight excluding hydrogens is 160 g/mol. The van der Waals surface area contributed by atoms with Crippen LogP contribution in [-0.4, -0.2) is 9.78 Å². The van der Waals surface area contributed by atoms with Crippen LogP contribution in [0.2, 0.25) is 0 Å². The zero-order valence-corrected chi connectivity index (χ0v) is 8.76. The third-order valence-electron chi connectivity index (χ3n) is 2.60. The number of nitrogens with zero attached hydrogens (tertiary/aromatic N) is 2. The summed E-state index contributed by atoms with van der Waals surface area (Å²) in [5.74, 6) is 2.55. The van der Waals surface area contributed by atoms with Crippen molar-refractivity contribution in [3.05, 3.63) is 17.5 Å². The molecular formula is C11H16N2. The van der Waals surface area contributed by atoms with Crippen LogP contribution < -0.4 is 0 Å². The van der Waals surface area contributed by atoms with Crippen molar-refractivity contribution in [2.75, 3.05) is 0 Å². The zero-order valence-electron chi connectivity index (χ0n) is 8.76. The Kier molecular flexibility index (Phi) is 2.47. The van der Waals surface area contributed by atoms with Gasteiger partial charge in [-0.3, -0.25) is 4.68 Å². The number of hydrogen-bond donors (Lipinski definition) is 0. The largest absolute Gasteiger partial charge is 0.271 e. The standard InChI is InChI=1S/C11H16N2/c1-6-9-8-10(13(5)12-9)11(3,4)7-2/h1,8H,7H2,2-5H3. The molecule has 0 unspecified atom stereocenters. The molecule has 0 radical (unpaired) electrons. The second kappa shape index (κ2) is 3.26. The van der Waals surface area contributed by atoms with Crippen molar-refractivity contribution in [2.45, 2.75) is 32.6 Å². The first-order valence-corrected chi connectivity index (χ1v) is 4.52. The van der Waals surface area contributed by atoms with Crippen LogP contribution in [-0.2, 0) is 12.5 Å². The smallest absolute Gasteiger partial charge is 0.135 e. The lowest BCUT2D eigenvalue weighted by atomic mass is 9.86. The predicted molar refractivity (Wildman–Crippen MR) is 54.5 cm³/mol. The summed E-state index contributed by atoms with van der Waals surface area (Å²) in [4.78, 5) is 0. The van der Waals surface area contributed by atoms with Gasteiger partial charge in [0, 0.05) is 18.2 Å². The van der Waals surface area contributed by atoms with Gasteiger partial charge >= 0.3 is 0 Å². The summed E-state index contributed by atoms with van der Waals surface area (Å²) in [6.45, 7) is 6.57. The van der Waals surface area contributed by atoms with Crippen molar-refractivity contribution >= 4 is 0 Å². The summed E-state index contributed by atoms with van der Waals surface area (Å²) in [6, 6.07) is 1.99. The fraction of sp³-hybridized carbons (Fsp3) is 0.545. The first kappa shape index (κ1) is 9.85. The molecule has 0 aliphatic heterocycles. The highest BCUT2D eigenvalue weighted by Gasteiger charge is 2.22. The Bertz CT molecular complexity index is 339. The van der Waals surface area contributed by atoms with E-state index < -0.39 is 0 Å². The molecule has 0 atom stereocenters. The molecule has 0 aromatic carbocycles. The third kappa shape index (κ3) is 1.75. The van der Waals surface area contributed by atoms with Gasteiger partial charge in [0.05, 0.1) is 0 Å². The van der Waals surface area contributed by atoms with Gasteiger partial charge in [-0.15, -0.1) is 6.42 Å². The molecule has 1 aromatic heterocycles. The number of aromatic nitrogens is 2. The van der Waals surface area contributed by atoms with Gasteiger partial charge in [-0.1, -0.05) is 20.8 Å². The van der Waals surface area contributed by atoms with Gasteiger partial charge in [0.15, 0.2) is 0 Å². The van der Waals surface area contributed by atoms with Gasteiger partial charge in [0.2, 0.25) is 0 Å². The highest BCUT2D eigenvalue weighted by Crippen LogP contribution is 2.26. The van der Waals surface area contributed by atoms with Crippen LogP contribution in [0.3, 0.4) is 0 Å². The highest BCUT2D eigenvalue weighted by atomic mass is 15.3. The van der Waals surface area contributed by atoms with E-state index >= 15 is 0 Å². The average molecular weight is 176 g/mol. The summed E-state index contributed by atoms with van der Waals surface area (Å²) < 4.78 is 1.87. The van der Waals surface area contributed by atoms with E-state index in [2.05, 4.69) is 31.8 Å². The van der Waals surface area contributed by atoms with E-state index in [1.807, 2.05) is 17.8 Å². The Morgan fingerprint density at radius 1 is 1.62 bits per heavy atom. The van der Waals surface area contributed by atoms with E-state index in [-0.39, 0.29) is 5.41 Å². The molecule has 2 nitrogen and oxygen atoms in total. The lowest BCUT2D eigenvalue weighted by Crippen LogP contribution is -2.19. The van der Waals surface area contributed by atoms with Crippen molar-refractivity contribution in [1.82, 2.24) is 9.78 Å². The minimum atomic E-state index is 0.150. The van der Waals surface area contributed by atoms with Gasteiger partial charge in [-0.05, 0) is 18.4 Å². The van der Waals surface area contributed by atoms with E-state index in [4.69, 9.17) is 6.42 Å². The quantitative estimate of drug-likeness (QED) is 0.631. The van der Waals surface area contributed by atoms with Gasteiger partial charge < -0.3 is 0 Å². The lowest BCUT2D eigenvalue weighted by molar-refractivity contribution is 0.461. The van der Waals surface area contributed by atoms with E-state index in [1.165, 1.54) is 5.69 Å². The van der Waals surface area contributed by atoms with Crippen molar-refractivity contribution in [1.29, 1.82) is 0 Å². The molecule has 1 heterocycles. The Labute approximate surface area is 80.0 Å². The first-order valence-electron chi connectivity index (χ1n) is 4.52. The molecule has 1 aromatic rings. The van der Waals surface area contributed by atoms with Gasteiger partial charge in [0.1, 0.15) is 5.69 Å². The number of hydrogen-bond acceptors (Lipinski definition) is 1. The summed E-state index contributed by atoms with van der Waals surface area (Å²) in [5.41, 5.74) is 2.07. The molecule has 0 fully saturated rings. The Balaban J connectivity index is 3.16. The van der Waals surface area contributed by atoms with Crippen LogP contribution in [0.4, 0.5) is 0 Å². The van der Waals surface area contributed by atoms with Crippen LogP contribution in [0.15, 0.2) is 6.07 Å². The maximum absolute atomic E-state index is 5.29. The molecule has 0 saturated carbocycles. The molecule has 1 rings (SSSR count). The van der Waals surface area contributed by atoms with E-state index in [0.29, 0.717) is 0 Å². The average Bonchev–Trinajstić information content (AvgIpc) is 2.47. The Morgan fingerprint density at radius 2 is 2.23 bits per heavy atom. The maximum Gasteiger partial charge on any atom is 0.135 e. The van der Waals surface area contributed by atoms with Crippen LogP contribution in [0, 0.1) is 12.3 Å². The Morgan fingerprint density at radius 3 is 2.62 bits per heavy atom. The summed E-state index contributed by atoms with van der Waals surface area (Å²) in [6.07, 6.45) is 6.37. The minimum Gasteiger partial charge on any atom is -0.271 e. The lowest BCUT2D eigenvalue weighted by Gasteiger charge is -2.22. The van der Waals surface area contributed by atoms with E-state index in [0.717, 1.165) is 12.1 Å². The van der Waals surface area contributed by atoms with Crippen molar-refractivity contribution in [2.24, 2.45) is 7.05 Å². The van der Waals surface area contributed by atoms with Crippen LogP contribution in [0.25, 0.3) is 0 Å². The van der Waals surface area contributed by atoms with Crippen molar-refractivity contribution in [3.8, 4) is 12.3 Å². The molecule has 0 aliphatic rings. The molecule has 0 amide bonds. The number of terminal acetylenes is 1. The van der Waals surface area contributed by atoms with E-state index in [1.54, 1.807) is 0 Å². The van der Waals surface area contributed by atoms with Crippen LogP contribution >= 0.6 is 0 Å². The SMILES string of the molecule is C#Cc1cc(C(C)(C)CC)n(C)n1. The highest BCUT2D eigenvalue weighted by molar-refractivity contribution is 5.29. The topological polar surface area (TPSA) is 17.8 Å². The normalized spacial score (nSPS) is 11.3. The molecule has 2 heteroatoms. The van der Waals surface area contributed by atoms with Gasteiger partial charge in [-0.2, -0.15) is 5.10 Å². The molecule has 0 saturated heterocycles. The predicted octanol–water partition coefficient (Wildman–Crippen LogP) is 2.09. The van der Waals surface area contributed by atoms with E-state index in [9.17, 15) is 0 Å². The van der Waals surface area contributed by atoms with Crippen molar-refractivity contribution < 1.29 is 0 Å². The molecule has 70 valence electrons. The molecule has 0 bridgehead atoms. The fourth-order valence-corrected chi connectivity index (χ4v) is 1.35. The molecule has 0 spiro atoms. The fourth-order valence-electron chi connectivity index (χ4n) is 1.35. The second-order valence-corrected chi connectivity index (χ2v) is 3.92. The zero-order chi connectivity index (χ0) is 10.1. The Hall–Kier alpha value is -1.23. The summed E-state index contributed by atoms with van der Waals surface area (Å²) >= 11 is 0. The maximum atomic E-state index is 5.29. The van der Waals surface area contributed by atoms with Gasteiger partial charge in [0.25, 0.3) is 0 Å². The second-order valence-electron chi connectivity index (χ2n) is 3.92. The minimum absolute atomic E-state index is 0.150. The molecule has 13 heavy (non-hydrogen) atoms. The summed E-state index contributed by atoms with van der Waals surface area (Å²) in [7, 11) is 1.94. The van der Waals surface area contributed by atoms with Crippen LogP contribution in [0.5, 0.6) is 0 Å². The number of rotatable bonds is 2. The van der Waals surface area contributed by atoms with Gasteiger partial charge in [-0.25, -0.2) is 0 Å². The van der Waals surface area contributed by atoms with Crippen LogP contribution in [0.1, 0.15) is 38.6 Å². The molecule has 0 aliphatic carbocycles. The third-order valence-corrected chi connectivity index (χ3v) is 2.60. The first-order chi connectivity index (χ1) is 6.01. The monoisotopic (exact) mass is 176 g/mol. The van der Waals surface area contributed by atoms with Crippen molar-refractivity contribution in [3.63, 3.8) is 0 Å².